The number of hydrogen-bond acceptors (Lipinski definition) is 6. The minimum Gasteiger partial charge on any atom is -0.398 e. The number of hydrogen-bond donors (Lipinski definition) is 2. The van der Waals surface area contributed by atoms with Crippen LogP contribution in [0.2, 0.25) is 0 Å². The normalized spacial score (nSPS) is 11.1. The molecular formula is C25H23FN6. The molecule has 0 atom stereocenters. The minimum absolute atomic E-state index is 0.145. The van der Waals surface area contributed by atoms with E-state index in [1.165, 1.54) is 6.33 Å². The zero-order chi connectivity index (χ0) is 22.5. The molecule has 0 aliphatic rings. The fraction of sp³-hybridized carbons (Fsp3) is 0.120. The Kier molecular flexibility index (Phi) is 6.17. The number of pyridine rings is 1. The van der Waals surface area contributed by atoms with Gasteiger partial charge in [0.2, 0.25) is 0 Å². The maximum absolute atomic E-state index is 15.1. The van der Waals surface area contributed by atoms with Gasteiger partial charge in [-0.3, -0.25) is 9.98 Å². The molecule has 0 saturated carbocycles. The standard InChI is InChI=1S/C25H23FN6/c1-16-11-19(9-10-29-16)18-5-3-17(4-6-18)13-30-25-23(26)24(31-15-32-25)20-7-8-22(27)21(12-20)14-28-2/h3-12,14-15H,13,27H2,1-2H3,(H,30,31,32). The third-order valence-corrected chi connectivity index (χ3v) is 5.06. The maximum Gasteiger partial charge on any atom is 0.191 e. The van der Waals surface area contributed by atoms with Crippen molar-refractivity contribution in [2.75, 3.05) is 18.1 Å². The summed E-state index contributed by atoms with van der Waals surface area (Å²) in [6, 6.07) is 17.3. The highest BCUT2D eigenvalue weighted by Gasteiger charge is 2.14. The number of nitrogen functional groups attached to an aromatic ring is 1. The van der Waals surface area contributed by atoms with Crippen LogP contribution in [0.3, 0.4) is 0 Å². The van der Waals surface area contributed by atoms with E-state index in [-0.39, 0.29) is 11.5 Å². The highest BCUT2D eigenvalue weighted by Crippen LogP contribution is 2.27. The molecule has 4 aromatic rings. The molecule has 0 aliphatic carbocycles. The number of aliphatic imine (C=N–C) groups is 1. The summed E-state index contributed by atoms with van der Waals surface area (Å²) in [7, 11) is 1.66. The molecule has 7 heteroatoms. The molecule has 6 nitrogen and oxygen atoms in total. The van der Waals surface area contributed by atoms with E-state index in [1.54, 1.807) is 37.7 Å². The van der Waals surface area contributed by atoms with Gasteiger partial charge in [0.15, 0.2) is 11.6 Å². The Balaban J connectivity index is 1.52. The van der Waals surface area contributed by atoms with E-state index >= 15 is 4.39 Å². The zero-order valence-corrected chi connectivity index (χ0v) is 17.9. The number of nitrogens with zero attached hydrogens (tertiary/aromatic N) is 4. The number of benzene rings is 2. The Hall–Kier alpha value is -4.13. The van der Waals surface area contributed by atoms with E-state index in [4.69, 9.17) is 5.73 Å². The average Bonchev–Trinajstić information content (AvgIpc) is 2.80. The quantitative estimate of drug-likeness (QED) is 0.338. The maximum atomic E-state index is 15.1. The summed E-state index contributed by atoms with van der Waals surface area (Å²) in [5.74, 6) is -0.369. The Morgan fingerprint density at radius 3 is 2.50 bits per heavy atom. The van der Waals surface area contributed by atoms with Gasteiger partial charge < -0.3 is 11.1 Å². The van der Waals surface area contributed by atoms with Crippen molar-refractivity contribution in [1.29, 1.82) is 0 Å². The van der Waals surface area contributed by atoms with Crippen LogP contribution in [0.1, 0.15) is 16.8 Å². The minimum atomic E-state index is -0.513. The molecule has 0 fully saturated rings. The monoisotopic (exact) mass is 426 g/mol. The van der Waals surface area contributed by atoms with Crippen LogP contribution in [-0.2, 0) is 6.54 Å². The van der Waals surface area contributed by atoms with Crippen molar-refractivity contribution in [2.24, 2.45) is 4.99 Å². The van der Waals surface area contributed by atoms with Crippen LogP contribution >= 0.6 is 0 Å². The van der Waals surface area contributed by atoms with Gasteiger partial charge >= 0.3 is 0 Å². The lowest BCUT2D eigenvalue weighted by Crippen LogP contribution is -2.06. The second kappa shape index (κ2) is 9.34. The summed E-state index contributed by atoms with van der Waals surface area (Å²) in [6.45, 7) is 2.40. The van der Waals surface area contributed by atoms with Crippen molar-refractivity contribution in [1.82, 2.24) is 15.0 Å². The van der Waals surface area contributed by atoms with Gasteiger partial charge in [0.1, 0.15) is 12.0 Å². The van der Waals surface area contributed by atoms with Gasteiger partial charge in [0, 0.05) is 48.5 Å². The van der Waals surface area contributed by atoms with E-state index in [0.29, 0.717) is 23.4 Å². The van der Waals surface area contributed by atoms with Crippen LogP contribution in [0.5, 0.6) is 0 Å². The molecule has 0 amide bonds. The van der Waals surface area contributed by atoms with Crippen molar-refractivity contribution in [3.8, 4) is 22.4 Å². The number of anilines is 2. The first-order chi connectivity index (χ1) is 15.5. The van der Waals surface area contributed by atoms with Crippen LogP contribution < -0.4 is 11.1 Å². The molecule has 3 N–H and O–H groups in total. The van der Waals surface area contributed by atoms with Gasteiger partial charge in [-0.2, -0.15) is 0 Å². The SMILES string of the molecule is CN=Cc1cc(-c2ncnc(NCc3ccc(-c4ccnc(C)c4)cc3)c2F)ccc1N. The first kappa shape index (κ1) is 21.1. The van der Waals surface area contributed by atoms with E-state index in [9.17, 15) is 0 Å². The molecule has 2 aromatic heterocycles. The fourth-order valence-electron chi connectivity index (χ4n) is 3.39. The number of aryl methyl sites for hydroxylation is 1. The molecule has 0 bridgehead atoms. The smallest absolute Gasteiger partial charge is 0.191 e. The lowest BCUT2D eigenvalue weighted by Gasteiger charge is -2.11. The van der Waals surface area contributed by atoms with Gasteiger partial charge in [-0.1, -0.05) is 30.3 Å². The zero-order valence-electron chi connectivity index (χ0n) is 17.9. The lowest BCUT2D eigenvalue weighted by molar-refractivity contribution is 0.621. The molecule has 0 aliphatic heterocycles. The van der Waals surface area contributed by atoms with Crippen molar-refractivity contribution in [3.05, 3.63) is 89.8 Å². The first-order valence-electron chi connectivity index (χ1n) is 10.1. The number of rotatable bonds is 6. The van der Waals surface area contributed by atoms with Crippen molar-refractivity contribution in [3.63, 3.8) is 0 Å². The van der Waals surface area contributed by atoms with Crippen LogP contribution in [0.25, 0.3) is 22.4 Å². The summed E-state index contributed by atoms with van der Waals surface area (Å²) in [4.78, 5) is 16.4. The first-order valence-corrected chi connectivity index (χ1v) is 10.1. The van der Waals surface area contributed by atoms with Gasteiger partial charge in [-0.25, -0.2) is 14.4 Å². The van der Waals surface area contributed by atoms with E-state index in [1.807, 2.05) is 43.3 Å². The third-order valence-electron chi connectivity index (χ3n) is 5.06. The Morgan fingerprint density at radius 1 is 0.969 bits per heavy atom. The predicted octanol–water partition coefficient (Wildman–Crippen LogP) is 4.90. The van der Waals surface area contributed by atoms with Gasteiger partial charge in [0.25, 0.3) is 0 Å². The molecule has 2 aromatic carbocycles. The number of aromatic nitrogens is 3. The van der Waals surface area contributed by atoms with Gasteiger partial charge in [0.05, 0.1) is 0 Å². The largest absolute Gasteiger partial charge is 0.398 e. The number of nitrogens with two attached hydrogens (primary N) is 1. The highest BCUT2D eigenvalue weighted by atomic mass is 19.1. The second-order valence-electron chi connectivity index (χ2n) is 7.35. The van der Waals surface area contributed by atoms with Crippen molar-refractivity contribution >= 4 is 17.7 Å². The fourth-order valence-corrected chi connectivity index (χ4v) is 3.39. The lowest BCUT2D eigenvalue weighted by atomic mass is 10.0. The third kappa shape index (κ3) is 4.62. The summed E-state index contributed by atoms with van der Waals surface area (Å²) >= 11 is 0. The molecule has 0 unspecified atom stereocenters. The van der Waals surface area contributed by atoms with Crippen LogP contribution in [0.15, 0.2) is 72.1 Å². The van der Waals surface area contributed by atoms with Crippen LogP contribution in [0.4, 0.5) is 15.9 Å². The molecule has 0 radical (unpaired) electrons. The number of nitrogens with one attached hydrogen (secondary N) is 1. The van der Waals surface area contributed by atoms with Gasteiger partial charge in [-0.05, 0) is 47.9 Å². The summed E-state index contributed by atoms with van der Waals surface area (Å²) in [6.07, 6.45) is 4.78. The highest BCUT2D eigenvalue weighted by molar-refractivity contribution is 5.89. The molecule has 4 rings (SSSR count). The number of halogens is 1. The topological polar surface area (TPSA) is 89.1 Å². The van der Waals surface area contributed by atoms with Crippen LogP contribution in [-0.4, -0.2) is 28.2 Å². The second-order valence-corrected chi connectivity index (χ2v) is 7.35. The average molecular weight is 426 g/mol. The van der Waals surface area contributed by atoms with E-state index < -0.39 is 5.82 Å². The molecule has 0 saturated heterocycles. The molecule has 0 spiro atoms. The van der Waals surface area contributed by atoms with E-state index in [2.05, 4.69) is 25.3 Å². The Morgan fingerprint density at radius 2 is 1.75 bits per heavy atom. The van der Waals surface area contributed by atoms with Crippen LogP contribution in [0, 0.1) is 12.7 Å². The molecule has 160 valence electrons. The van der Waals surface area contributed by atoms with E-state index in [0.717, 1.165) is 22.4 Å². The van der Waals surface area contributed by atoms with Crippen molar-refractivity contribution in [2.45, 2.75) is 13.5 Å². The summed E-state index contributed by atoms with van der Waals surface area (Å²) in [5, 5.41) is 3.07. The summed E-state index contributed by atoms with van der Waals surface area (Å²) < 4.78 is 15.1. The Labute approximate surface area is 186 Å². The molecule has 2 heterocycles. The Bertz CT molecular complexity index is 1270. The van der Waals surface area contributed by atoms with Gasteiger partial charge in [-0.15, -0.1) is 0 Å². The summed E-state index contributed by atoms with van der Waals surface area (Å²) in [5.41, 5.74) is 12.2. The predicted molar refractivity (Wildman–Crippen MR) is 127 cm³/mol. The molecular weight excluding hydrogens is 403 g/mol. The molecule has 32 heavy (non-hydrogen) atoms. The van der Waals surface area contributed by atoms with Crippen molar-refractivity contribution < 1.29 is 4.39 Å².